The zero-order valence-corrected chi connectivity index (χ0v) is 6.82. The first kappa shape index (κ1) is 17.0. The largest absolute Gasteiger partial charge is 0.299 e. The Morgan fingerprint density at radius 2 is 1.64 bits per heavy atom. The highest BCUT2D eigenvalue weighted by Crippen LogP contribution is 2.22. The normalized spacial score (nSPS) is 9.45. The number of hydrogen-bond acceptors (Lipinski definition) is 1. The van der Waals surface area contributed by atoms with Gasteiger partial charge in [0.15, 0.2) is 0 Å². The van der Waals surface area contributed by atoms with Crippen molar-refractivity contribution in [2.75, 3.05) is 0 Å². The van der Waals surface area contributed by atoms with Crippen LogP contribution >= 0.6 is 0 Å². The van der Waals surface area contributed by atoms with E-state index in [1.807, 2.05) is 13.8 Å². The topological polar surface area (TPSA) is 17.1 Å². The second-order valence-corrected chi connectivity index (χ2v) is 3.19. The van der Waals surface area contributed by atoms with Crippen LogP contribution in [0.1, 0.15) is 55.4 Å². The zero-order valence-electron chi connectivity index (χ0n) is 6.82. The zero-order chi connectivity index (χ0) is 7.49. The molecule has 0 heterocycles. The fraction of sp³-hybridized carbons (Fsp3) is 0.900. The molecule has 0 atom stereocenters. The maximum Gasteiger partial charge on any atom is 0.135 e. The Kier molecular flexibility index (Phi) is 9.84. The van der Waals surface area contributed by atoms with Gasteiger partial charge < -0.3 is 0 Å². The number of carbonyl (C=O) groups excluding carboxylic acids is 1. The average Bonchev–Trinajstić information content (AvgIpc) is 1.65. The molecule has 0 unspecified atom stereocenters. The van der Waals surface area contributed by atoms with E-state index >= 15 is 0 Å². The molecule has 0 fully saturated rings. The minimum Gasteiger partial charge on any atom is -0.299 e. The highest BCUT2D eigenvalue weighted by Gasteiger charge is 2.21. The van der Waals surface area contributed by atoms with Crippen LogP contribution in [0.15, 0.2) is 0 Å². The lowest BCUT2D eigenvalue weighted by atomic mass is 9.84. The van der Waals surface area contributed by atoms with Gasteiger partial charge in [0.1, 0.15) is 5.78 Å². The van der Waals surface area contributed by atoms with Crippen molar-refractivity contribution in [3.05, 3.63) is 0 Å². The lowest BCUT2D eigenvalue weighted by Crippen LogP contribution is -2.20. The van der Waals surface area contributed by atoms with Gasteiger partial charge in [0, 0.05) is 5.41 Å². The van der Waals surface area contributed by atoms with Crippen LogP contribution in [-0.4, -0.2) is 5.78 Å². The SMILES string of the molecule is C.C.CCCC(C)(C)C(C)=O. The molecule has 0 spiro atoms. The highest BCUT2D eigenvalue weighted by molar-refractivity contribution is 5.81. The third kappa shape index (κ3) is 6.08. The summed E-state index contributed by atoms with van der Waals surface area (Å²) in [4.78, 5) is 10.9. The van der Waals surface area contributed by atoms with Gasteiger partial charge in [-0.05, 0) is 13.3 Å². The molecule has 0 aliphatic heterocycles. The smallest absolute Gasteiger partial charge is 0.135 e. The molecule has 0 aromatic carbocycles. The summed E-state index contributed by atoms with van der Waals surface area (Å²) >= 11 is 0. The summed E-state index contributed by atoms with van der Waals surface area (Å²) < 4.78 is 0. The quantitative estimate of drug-likeness (QED) is 0.615. The Balaban J connectivity index is -0.000000320. The highest BCUT2D eigenvalue weighted by atomic mass is 16.1. The van der Waals surface area contributed by atoms with Gasteiger partial charge in [-0.1, -0.05) is 42.0 Å². The second kappa shape index (κ2) is 6.38. The first-order chi connectivity index (χ1) is 4.00. The van der Waals surface area contributed by atoms with Crippen molar-refractivity contribution in [3.63, 3.8) is 0 Å². The number of hydrogen-bond donors (Lipinski definition) is 0. The van der Waals surface area contributed by atoms with E-state index in [2.05, 4.69) is 6.92 Å². The second-order valence-electron chi connectivity index (χ2n) is 3.19. The molecule has 0 radical (unpaired) electrons. The maximum absolute atomic E-state index is 10.9. The summed E-state index contributed by atoms with van der Waals surface area (Å²) in [5, 5.41) is 0. The van der Waals surface area contributed by atoms with Crippen LogP contribution in [0, 0.1) is 5.41 Å². The first-order valence-corrected chi connectivity index (χ1v) is 3.51. The van der Waals surface area contributed by atoms with Crippen LogP contribution in [-0.2, 0) is 4.79 Å². The third-order valence-electron chi connectivity index (χ3n) is 1.83. The third-order valence-corrected chi connectivity index (χ3v) is 1.83. The minimum atomic E-state index is -0.0885. The molecule has 0 saturated heterocycles. The maximum atomic E-state index is 10.9. The first-order valence-electron chi connectivity index (χ1n) is 3.51. The summed E-state index contributed by atoms with van der Waals surface area (Å²) in [5.41, 5.74) is -0.0885. The van der Waals surface area contributed by atoms with Gasteiger partial charge in [0.2, 0.25) is 0 Å². The molecular formula is C10H24O. The number of carbonyl (C=O) groups is 1. The number of Topliss-reactive ketones (excluding diaryl/α,β-unsaturated/α-hetero) is 1. The van der Waals surface area contributed by atoms with Crippen molar-refractivity contribution in [1.29, 1.82) is 0 Å². The molecule has 70 valence electrons. The van der Waals surface area contributed by atoms with E-state index < -0.39 is 0 Å². The molecule has 11 heavy (non-hydrogen) atoms. The molecule has 0 aliphatic carbocycles. The monoisotopic (exact) mass is 160 g/mol. The molecule has 0 saturated carbocycles. The van der Waals surface area contributed by atoms with Gasteiger partial charge in [-0.3, -0.25) is 4.79 Å². The summed E-state index contributed by atoms with van der Waals surface area (Å²) in [7, 11) is 0. The average molecular weight is 160 g/mol. The lowest BCUT2D eigenvalue weighted by Gasteiger charge is -2.19. The van der Waals surface area contributed by atoms with Crippen molar-refractivity contribution in [2.45, 2.75) is 55.4 Å². The van der Waals surface area contributed by atoms with Crippen LogP contribution in [0.2, 0.25) is 0 Å². The van der Waals surface area contributed by atoms with E-state index in [-0.39, 0.29) is 20.3 Å². The van der Waals surface area contributed by atoms with E-state index in [4.69, 9.17) is 0 Å². The molecule has 0 aromatic heterocycles. The predicted molar refractivity (Wildman–Crippen MR) is 52.8 cm³/mol. The Hall–Kier alpha value is -0.330. The Morgan fingerprint density at radius 3 is 1.73 bits per heavy atom. The van der Waals surface area contributed by atoms with Gasteiger partial charge in [0.25, 0.3) is 0 Å². The van der Waals surface area contributed by atoms with Gasteiger partial charge in [0.05, 0.1) is 0 Å². The van der Waals surface area contributed by atoms with E-state index in [9.17, 15) is 4.79 Å². The number of ketones is 1. The van der Waals surface area contributed by atoms with Gasteiger partial charge in [-0.25, -0.2) is 0 Å². The molecule has 0 amide bonds. The molecule has 0 bridgehead atoms. The van der Waals surface area contributed by atoms with Crippen LogP contribution < -0.4 is 0 Å². The molecule has 0 N–H and O–H groups in total. The summed E-state index contributed by atoms with van der Waals surface area (Å²) in [6, 6.07) is 0. The predicted octanol–water partition coefficient (Wildman–Crippen LogP) is 3.67. The van der Waals surface area contributed by atoms with E-state index in [0.717, 1.165) is 12.8 Å². The van der Waals surface area contributed by atoms with Crippen LogP contribution in [0.4, 0.5) is 0 Å². The standard InChI is InChI=1S/C8H16O.2CH4/c1-5-6-8(3,4)7(2)9;;/h5-6H2,1-4H3;2*1H4. The van der Waals surface area contributed by atoms with E-state index in [1.165, 1.54) is 0 Å². The van der Waals surface area contributed by atoms with Crippen LogP contribution in [0.25, 0.3) is 0 Å². The van der Waals surface area contributed by atoms with Crippen LogP contribution in [0.3, 0.4) is 0 Å². The van der Waals surface area contributed by atoms with Crippen molar-refractivity contribution < 1.29 is 4.79 Å². The lowest BCUT2D eigenvalue weighted by molar-refractivity contribution is -0.125. The fourth-order valence-corrected chi connectivity index (χ4v) is 0.801. The molecular weight excluding hydrogens is 136 g/mol. The molecule has 0 aromatic rings. The van der Waals surface area contributed by atoms with Crippen LogP contribution in [0.5, 0.6) is 0 Å². The van der Waals surface area contributed by atoms with Crippen molar-refractivity contribution in [1.82, 2.24) is 0 Å². The van der Waals surface area contributed by atoms with Crippen molar-refractivity contribution in [2.24, 2.45) is 5.41 Å². The molecule has 1 heteroatoms. The fourth-order valence-electron chi connectivity index (χ4n) is 0.801. The molecule has 0 aliphatic rings. The number of rotatable bonds is 3. The summed E-state index contributed by atoms with van der Waals surface area (Å²) in [6.45, 7) is 7.76. The molecule has 1 nitrogen and oxygen atoms in total. The minimum absolute atomic E-state index is 0. The Morgan fingerprint density at radius 1 is 1.27 bits per heavy atom. The Bertz CT molecular complexity index is 103. The van der Waals surface area contributed by atoms with Gasteiger partial charge in [-0.15, -0.1) is 0 Å². The summed E-state index contributed by atoms with van der Waals surface area (Å²) in [5.74, 6) is 0.296. The van der Waals surface area contributed by atoms with E-state index in [0.29, 0.717) is 5.78 Å². The molecule has 0 rings (SSSR count). The van der Waals surface area contributed by atoms with Gasteiger partial charge >= 0.3 is 0 Å². The van der Waals surface area contributed by atoms with E-state index in [1.54, 1.807) is 6.92 Å². The Labute approximate surface area is 72.2 Å². The van der Waals surface area contributed by atoms with Crippen molar-refractivity contribution >= 4 is 5.78 Å². The summed E-state index contributed by atoms with van der Waals surface area (Å²) in [6.07, 6.45) is 2.09. The van der Waals surface area contributed by atoms with Gasteiger partial charge in [-0.2, -0.15) is 0 Å². The van der Waals surface area contributed by atoms with Crippen molar-refractivity contribution in [3.8, 4) is 0 Å².